The highest BCUT2D eigenvalue weighted by Crippen LogP contribution is 2.30. The summed E-state index contributed by atoms with van der Waals surface area (Å²) < 4.78 is 17.6. The highest BCUT2D eigenvalue weighted by atomic mass is 19.1. The minimum absolute atomic E-state index is 0.256. The van der Waals surface area contributed by atoms with Crippen LogP contribution in [0, 0.1) is 5.82 Å². The molecule has 0 aliphatic heterocycles. The van der Waals surface area contributed by atoms with Crippen molar-refractivity contribution in [2.75, 3.05) is 7.11 Å². The molecule has 0 aromatic heterocycles. The van der Waals surface area contributed by atoms with Crippen LogP contribution in [0.3, 0.4) is 0 Å². The number of ether oxygens (including phenoxy) is 1. The van der Waals surface area contributed by atoms with Gasteiger partial charge in [0.2, 0.25) is 5.60 Å². The molecule has 3 nitrogen and oxygen atoms in total. The second kappa shape index (κ2) is 5.20. The van der Waals surface area contributed by atoms with E-state index in [0.717, 1.165) is 0 Å². The van der Waals surface area contributed by atoms with E-state index in [4.69, 9.17) is 0 Å². The Morgan fingerprint density at radius 3 is 2.11 bits per heavy atom. The predicted octanol–water partition coefficient (Wildman–Crippen LogP) is 2.23. The summed E-state index contributed by atoms with van der Waals surface area (Å²) in [4.78, 5) is 12.0. The molecule has 4 heteroatoms. The highest BCUT2D eigenvalue weighted by molar-refractivity contribution is 5.85. The molecule has 2 aromatic carbocycles. The quantitative estimate of drug-likeness (QED) is 0.861. The zero-order chi connectivity index (χ0) is 13.9. The van der Waals surface area contributed by atoms with Crippen molar-refractivity contribution in [3.63, 3.8) is 0 Å². The first kappa shape index (κ1) is 13.2. The monoisotopic (exact) mass is 260 g/mol. The van der Waals surface area contributed by atoms with Crippen molar-refractivity contribution in [1.29, 1.82) is 0 Å². The first-order chi connectivity index (χ1) is 9.09. The Morgan fingerprint density at radius 1 is 1.05 bits per heavy atom. The number of rotatable bonds is 3. The molecule has 0 amide bonds. The molecule has 19 heavy (non-hydrogen) atoms. The number of hydrogen-bond acceptors (Lipinski definition) is 3. The maximum atomic E-state index is 13.0. The van der Waals surface area contributed by atoms with Gasteiger partial charge in [0.1, 0.15) is 5.82 Å². The number of halogens is 1. The summed E-state index contributed by atoms with van der Waals surface area (Å²) in [6.07, 6.45) is 0. The minimum atomic E-state index is -1.94. The minimum Gasteiger partial charge on any atom is -0.466 e. The molecule has 0 aliphatic carbocycles. The molecule has 0 heterocycles. The van der Waals surface area contributed by atoms with Crippen LogP contribution < -0.4 is 0 Å². The van der Waals surface area contributed by atoms with Gasteiger partial charge < -0.3 is 9.84 Å². The van der Waals surface area contributed by atoms with Crippen LogP contribution in [-0.4, -0.2) is 18.2 Å². The second-order valence-electron chi connectivity index (χ2n) is 4.07. The number of carbonyl (C=O) groups is 1. The third kappa shape index (κ3) is 2.35. The molecule has 0 radical (unpaired) electrons. The van der Waals surface area contributed by atoms with Crippen LogP contribution in [-0.2, 0) is 15.1 Å². The molecular weight excluding hydrogens is 247 g/mol. The van der Waals surface area contributed by atoms with Crippen LogP contribution in [0.4, 0.5) is 4.39 Å². The molecule has 2 aromatic rings. The van der Waals surface area contributed by atoms with Gasteiger partial charge in [-0.25, -0.2) is 9.18 Å². The lowest BCUT2D eigenvalue weighted by Crippen LogP contribution is -2.38. The zero-order valence-corrected chi connectivity index (χ0v) is 10.3. The van der Waals surface area contributed by atoms with Gasteiger partial charge in [-0.2, -0.15) is 0 Å². The fourth-order valence-electron chi connectivity index (χ4n) is 1.92. The Bertz CT molecular complexity index is 566. The van der Waals surface area contributed by atoms with Crippen molar-refractivity contribution in [3.05, 3.63) is 71.5 Å². The lowest BCUT2D eigenvalue weighted by molar-refractivity contribution is -0.158. The van der Waals surface area contributed by atoms with E-state index in [1.54, 1.807) is 30.3 Å². The Hall–Kier alpha value is -2.20. The molecule has 0 spiro atoms. The van der Waals surface area contributed by atoms with Crippen LogP contribution in [0.25, 0.3) is 0 Å². The van der Waals surface area contributed by atoms with E-state index in [1.165, 1.54) is 31.4 Å². The van der Waals surface area contributed by atoms with E-state index in [2.05, 4.69) is 4.74 Å². The number of methoxy groups -OCH3 is 1. The second-order valence-corrected chi connectivity index (χ2v) is 4.07. The molecule has 1 atom stereocenters. The van der Waals surface area contributed by atoms with E-state index in [0.29, 0.717) is 5.56 Å². The maximum absolute atomic E-state index is 13.0. The fourth-order valence-corrected chi connectivity index (χ4v) is 1.92. The molecule has 0 aliphatic rings. The number of hydrogen-bond donors (Lipinski definition) is 1. The largest absolute Gasteiger partial charge is 0.466 e. The SMILES string of the molecule is COC(=O)C(O)(c1ccccc1)c1ccc(F)cc1. The van der Waals surface area contributed by atoms with Crippen molar-refractivity contribution >= 4 is 5.97 Å². The Morgan fingerprint density at radius 2 is 1.58 bits per heavy atom. The van der Waals surface area contributed by atoms with Gasteiger partial charge in [-0.1, -0.05) is 42.5 Å². The number of carbonyl (C=O) groups excluding carboxylic acids is 1. The normalized spacial score (nSPS) is 13.6. The average molecular weight is 260 g/mol. The molecule has 98 valence electrons. The van der Waals surface area contributed by atoms with Crippen molar-refractivity contribution in [1.82, 2.24) is 0 Å². The summed E-state index contributed by atoms with van der Waals surface area (Å²) in [5.41, 5.74) is -1.32. The number of esters is 1. The third-order valence-corrected chi connectivity index (χ3v) is 2.93. The van der Waals surface area contributed by atoms with Crippen molar-refractivity contribution in [2.45, 2.75) is 5.60 Å². The summed E-state index contributed by atoms with van der Waals surface area (Å²) in [5, 5.41) is 10.7. The van der Waals surface area contributed by atoms with E-state index in [9.17, 15) is 14.3 Å². The standard InChI is InChI=1S/C15H13FO3/c1-19-14(17)15(18,11-5-3-2-4-6-11)12-7-9-13(16)10-8-12/h2-10,18H,1H3. The van der Waals surface area contributed by atoms with Gasteiger partial charge in [-0.15, -0.1) is 0 Å². The van der Waals surface area contributed by atoms with E-state index in [-0.39, 0.29) is 5.56 Å². The summed E-state index contributed by atoms with van der Waals surface area (Å²) in [6, 6.07) is 13.5. The first-order valence-corrected chi connectivity index (χ1v) is 5.71. The lowest BCUT2D eigenvalue weighted by atomic mass is 9.86. The lowest BCUT2D eigenvalue weighted by Gasteiger charge is -2.26. The summed E-state index contributed by atoms with van der Waals surface area (Å²) in [7, 11) is 1.19. The van der Waals surface area contributed by atoms with Gasteiger partial charge in [0.25, 0.3) is 0 Å². The van der Waals surface area contributed by atoms with E-state index >= 15 is 0 Å². The van der Waals surface area contributed by atoms with Crippen LogP contribution in [0.1, 0.15) is 11.1 Å². The molecule has 0 saturated carbocycles. The molecule has 2 rings (SSSR count). The fraction of sp³-hybridized carbons (Fsp3) is 0.133. The first-order valence-electron chi connectivity index (χ1n) is 5.71. The molecule has 1 N–H and O–H groups in total. The van der Waals surface area contributed by atoms with Gasteiger partial charge in [0, 0.05) is 0 Å². The smallest absolute Gasteiger partial charge is 0.347 e. The predicted molar refractivity (Wildman–Crippen MR) is 67.9 cm³/mol. The Labute approximate surface area is 110 Å². The molecule has 0 fully saturated rings. The van der Waals surface area contributed by atoms with Crippen LogP contribution in [0.2, 0.25) is 0 Å². The molecular formula is C15H13FO3. The van der Waals surface area contributed by atoms with Crippen LogP contribution >= 0.6 is 0 Å². The topological polar surface area (TPSA) is 46.5 Å². The number of benzene rings is 2. The molecule has 0 saturated heterocycles. The van der Waals surface area contributed by atoms with Gasteiger partial charge in [-0.05, 0) is 23.3 Å². The Balaban J connectivity index is 2.58. The van der Waals surface area contributed by atoms with Gasteiger partial charge in [-0.3, -0.25) is 0 Å². The Kier molecular flexibility index (Phi) is 3.62. The van der Waals surface area contributed by atoms with Gasteiger partial charge >= 0.3 is 5.97 Å². The molecule has 1 unspecified atom stereocenters. The van der Waals surface area contributed by atoms with Gasteiger partial charge in [0.15, 0.2) is 0 Å². The van der Waals surface area contributed by atoms with Crippen LogP contribution in [0.5, 0.6) is 0 Å². The van der Waals surface area contributed by atoms with Crippen molar-refractivity contribution in [3.8, 4) is 0 Å². The van der Waals surface area contributed by atoms with Crippen molar-refractivity contribution < 1.29 is 19.0 Å². The van der Waals surface area contributed by atoms with E-state index in [1.807, 2.05) is 0 Å². The summed E-state index contributed by atoms with van der Waals surface area (Å²) in [6.45, 7) is 0. The number of aliphatic hydroxyl groups is 1. The third-order valence-electron chi connectivity index (χ3n) is 2.93. The maximum Gasteiger partial charge on any atom is 0.347 e. The van der Waals surface area contributed by atoms with Gasteiger partial charge in [0.05, 0.1) is 7.11 Å². The van der Waals surface area contributed by atoms with Crippen LogP contribution in [0.15, 0.2) is 54.6 Å². The average Bonchev–Trinajstić information content (AvgIpc) is 2.47. The van der Waals surface area contributed by atoms with Crippen molar-refractivity contribution in [2.24, 2.45) is 0 Å². The highest BCUT2D eigenvalue weighted by Gasteiger charge is 2.41. The molecule has 0 bridgehead atoms. The van der Waals surface area contributed by atoms with E-state index < -0.39 is 17.4 Å². The summed E-state index contributed by atoms with van der Waals surface area (Å²) in [5.74, 6) is -1.26. The summed E-state index contributed by atoms with van der Waals surface area (Å²) >= 11 is 0. The zero-order valence-electron chi connectivity index (χ0n) is 10.3.